The highest BCUT2D eigenvalue weighted by Gasteiger charge is 2.19. The van der Waals surface area contributed by atoms with Crippen LogP contribution in [0.25, 0.3) is 0 Å². The summed E-state index contributed by atoms with van der Waals surface area (Å²) < 4.78 is 36.9. The van der Waals surface area contributed by atoms with E-state index >= 15 is 0 Å². The van der Waals surface area contributed by atoms with Crippen molar-refractivity contribution < 1.29 is 27.5 Å². The zero-order valence-electron chi connectivity index (χ0n) is 14.0. The van der Waals surface area contributed by atoms with Crippen LogP contribution in [-0.4, -0.2) is 34.1 Å². The molecule has 0 aliphatic heterocycles. The number of nitrogens with one attached hydrogen (secondary N) is 1. The van der Waals surface area contributed by atoms with Crippen LogP contribution in [0, 0.1) is 0 Å². The maximum atomic E-state index is 12.5. The molecule has 0 radical (unpaired) electrons. The summed E-state index contributed by atoms with van der Waals surface area (Å²) in [5.41, 5.74) is 0.261. The zero-order valence-corrected chi connectivity index (χ0v) is 15.6. The van der Waals surface area contributed by atoms with E-state index in [9.17, 15) is 18.0 Å². The summed E-state index contributed by atoms with van der Waals surface area (Å²) in [5.74, 6) is -1.32. The molecule has 0 atom stereocenters. The maximum absolute atomic E-state index is 12.5. The number of sulfonamides is 1. The molecule has 9 heteroatoms. The lowest BCUT2D eigenvalue weighted by Crippen LogP contribution is -2.15. The summed E-state index contributed by atoms with van der Waals surface area (Å²) in [7, 11) is -2.80. The second kappa shape index (κ2) is 8.20. The minimum atomic E-state index is -4.00. The number of carbonyl (C=O) groups excluding carboxylic acids is 2. The van der Waals surface area contributed by atoms with Crippen LogP contribution in [0.15, 0.2) is 47.4 Å². The van der Waals surface area contributed by atoms with Crippen LogP contribution in [0.1, 0.15) is 27.6 Å². The fraction of sp³-hybridized carbons (Fsp3) is 0.176. The summed E-state index contributed by atoms with van der Waals surface area (Å²) in [6, 6.07) is 9.46. The van der Waals surface area contributed by atoms with E-state index < -0.39 is 22.0 Å². The van der Waals surface area contributed by atoms with Gasteiger partial charge in [0, 0.05) is 5.69 Å². The fourth-order valence-corrected chi connectivity index (χ4v) is 3.37. The highest BCUT2D eigenvalue weighted by Crippen LogP contribution is 2.24. The van der Waals surface area contributed by atoms with Crippen molar-refractivity contribution in [3.05, 3.63) is 58.6 Å². The molecular formula is C17H16ClNO6S. The van der Waals surface area contributed by atoms with Gasteiger partial charge in [0.05, 0.1) is 34.8 Å². The summed E-state index contributed by atoms with van der Waals surface area (Å²) in [5, 5.41) is 0.138. The molecular weight excluding hydrogens is 382 g/mol. The molecule has 1 N–H and O–H groups in total. The van der Waals surface area contributed by atoms with Crippen LogP contribution in [0.4, 0.5) is 5.69 Å². The highest BCUT2D eigenvalue weighted by atomic mass is 35.5. The number of rotatable bonds is 6. The molecule has 26 heavy (non-hydrogen) atoms. The van der Waals surface area contributed by atoms with Gasteiger partial charge in [0.25, 0.3) is 10.0 Å². The Balaban J connectivity index is 2.34. The van der Waals surface area contributed by atoms with Gasteiger partial charge < -0.3 is 9.47 Å². The number of carbonyl (C=O) groups is 2. The van der Waals surface area contributed by atoms with Gasteiger partial charge in [-0.2, -0.15) is 0 Å². The fourth-order valence-electron chi connectivity index (χ4n) is 2.08. The van der Waals surface area contributed by atoms with Crippen molar-refractivity contribution in [2.45, 2.75) is 11.8 Å². The van der Waals surface area contributed by atoms with E-state index in [4.69, 9.17) is 16.3 Å². The number of anilines is 1. The predicted octanol–water partition coefficient (Wildman–Crippen LogP) is 3.10. The number of methoxy groups -OCH3 is 1. The molecule has 0 saturated carbocycles. The van der Waals surface area contributed by atoms with Gasteiger partial charge in [-0.25, -0.2) is 18.0 Å². The van der Waals surface area contributed by atoms with Crippen molar-refractivity contribution in [2.75, 3.05) is 18.4 Å². The van der Waals surface area contributed by atoms with Crippen LogP contribution in [-0.2, 0) is 19.5 Å². The predicted molar refractivity (Wildman–Crippen MR) is 96.0 cm³/mol. The number of benzene rings is 2. The van der Waals surface area contributed by atoms with Gasteiger partial charge in [-0.1, -0.05) is 17.7 Å². The first-order valence-corrected chi connectivity index (χ1v) is 9.32. The smallest absolute Gasteiger partial charge is 0.339 e. The normalized spacial score (nSPS) is 10.9. The Labute approximate surface area is 155 Å². The molecule has 0 spiro atoms. The molecule has 2 aromatic rings. The second-order valence-corrected chi connectivity index (χ2v) is 7.13. The lowest BCUT2D eigenvalue weighted by atomic mass is 10.2. The third-order valence-electron chi connectivity index (χ3n) is 3.28. The second-order valence-electron chi connectivity index (χ2n) is 5.04. The molecule has 0 saturated heterocycles. The lowest BCUT2D eigenvalue weighted by Gasteiger charge is -2.11. The molecule has 2 aromatic carbocycles. The van der Waals surface area contributed by atoms with E-state index in [1.807, 2.05) is 0 Å². The minimum absolute atomic E-state index is 0.0389. The molecule has 0 unspecified atom stereocenters. The van der Waals surface area contributed by atoms with E-state index in [1.165, 1.54) is 49.6 Å². The van der Waals surface area contributed by atoms with Gasteiger partial charge >= 0.3 is 11.9 Å². The van der Waals surface area contributed by atoms with Crippen molar-refractivity contribution >= 4 is 39.3 Å². The first kappa shape index (κ1) is 19.7. The van der Waals surface area contributed by atoms with Crippen molar-refractivity contribution in [1.82, 2.24) is 0 Å². The quantitative estimate of drug-likeness (QED) is 0.752. The first-order chi connectivity index (χ1) is 12.3. The average molecular weight is 398 g/mol. The molecule has 0 fully saturated rings. The summed E-state index contributed by atoms with van der Waals surface area (Å²) in [4.78, 5) is 23.3. The van der Waals surface area contributed by atoms with Gasteiger partial charge in [0.15, 0.2) is 0 Å². The van der Waals surface area contributed by atoms with E-state index in [0.29, 0.717) is 0 Å². The number of halogens is 1. The van der Waals surface area contributed by atoms with E-state index in [0.717, 1.165) is 0 Å². The monoisotopic (exact) mass is 397 g/mol. The maximum Gasteiger partial charge on any atom is 0.339 e. The van der Waals surface area contributed by atoms with Crippen molar-refractivity contribution in [3.8, 4) is 0 Å². The molecule has 0 amide bonds. The summed E-state index contributed by atoms with van der Waals surface area (Å²) in [6.07, 6.45) is 0. The number of hydrogen-bond donors (Lipinski definition) is 1. The molecule has 0 aliphatic carbocycles. The summed E-state index contributed by atoms with van der Waals surface area (Å²) >= 11 is 5.96. The van der Waals surface area contributed by atoms with E-state index in [2.05, 4.69) is 9.46 Å². The minimum Gasteiger partial charge on any atom is -0.465 e. The van der Waals surface area contributed by atoms with Crippen molar-refractivity contribution in [2.24, 2.45) is 0 Å². The molecule has 0 heterocycles. The van der Waals surface area contributed by atoms with Gasteiger partial charge in [-0.05, 0) is 43.3 Å². The van der Waals surface area contributed by atoms with Crippen LogP contribution in [0.3, 0.4) is 0 Å². The van der Waals surface area contributed by atoms with Gasteiger partial charge in [0.2, 0.25) is 0 Å². The Morgan fingerprint density at radius 3 is 2.50 bits per heavy atom. The molecule has 7 nitrogen and oxygen atoms in total. The molecule has 138 valence electrons. The Morgan fingerprint density at radius 2 is 1.85 bits per heavy atom. The average Bonchev–Trinajstić information content (AvgIpc) is 2.62. The standard InChI is InChI=1S/C17H16ClNO6S/c1-3-25-17(21)14-10-12(7-8-15(14)18)19-26(22,23)13-6-4-5-11(9-13)16(20)24-2/h4-10,19H,3H2,1-2H3. The first-order valence-electron chi connectivity index (χ1n) is 7.46. The lowest BCUT2D eigenvalue weighted by molar-refractivity contribution is 0.0525. The van der Waals surface area contributed by atoms with Gasteiger partial charge in [-0.15, -0.1) is 0 Å². The highest BCUT2D eigenvalue weighted by molar-refractivity contribution is 7.92. The Morgan fingerprint density at radius 1 is 1.12 bits per heavy atom. The largest absolute Gasteiger partial charge is 0.465 e. The van der Waals surface area contributed by atoms with Crippen LogP contribution < -0.4 is 4.72 Å². The van der Waals surface area contributed by atoms with Crippen molar-refractivity contribution in [1.29, 1.82) is 0 Å². The Kier molecular flexibility index (Phi) is 6.23. The SMILES string of the molecule is CCOC(=O)c1cc(NS(=O)(=O)c2cccc(C(=O)OC)c2)ccc1Cl. The van der Waals surface area contributed by atoms with Crippen LogP contribution >= 0.6 is 11.6 Å². The summed E-state index contributed by atoms with van der Waals surface area (Å²) in [6.45, 7) is 1.80. The van der Waals surface area contributed by atoms with E-state index in [1.54, 1.807) is 6.92 Å². The van der Waals surface area contributed by atoms with Gasteiger partial charge in [-0.3, -0.25) is 4.72 Å². The van der Waals surface area contributed by atoms with E-state index in [-0.39, 0.29) is 33.3 Å². The third kappa shape index (κ3) is 4.53. The molecule has 2 rings (SSSR count). The van der Waals surface area contributed by atoms with Crippen LogP contribution in [0.5, 0.6) is 0 Å². The Bertz CT molecular complexity index is 942. The van der Waals surface area contributed by atoms with Crippen LogP contribution in [0.2, 0.25) is 5.02 Å². The zero-order chi connectivity index (χ0) is 19.3. The number of esters is 2. The molecule has 0 aliphatic rings. The van der Waals surface area contributed by atoms with Gasteiger partial charge in [0.1, 0.15) is 0 Å². The Hall–Kier alpha value is -2.58. The molecule has 0 aromatic heterocycles. The number of ether oxygens (including phenoxy) is 2. The third-order valence-corrected chi connectivity index (χ3v) is 4.99. The van der Waals surface area contributed by atoms with Crippen molar-refractivity contribution in [3.63, 3.8) is 0 Å². The molecule has 0 bridgehead atoms. The topological polar surface area (TPSA) is 98.8 Å². The number of hydrogen-bond acceptors (Lipinski definition) is 6.